The van der Waals surface area contributed by atoms with Crippen LogP contribution in [0.25, 0.3) is 0 Å². The molecule has 138 valence electrons. The third kappa shape index (κ3) is 4.40. The number of aryl methyl sites for hydroxylation is 1. The molecule has 0 spiro atoms. The molecule has 1 heterocycles. The van der Waals surface area contributed by atoms with E-state index in [0.29, 0.717) is 0 Å². The second kappa shape index (κ2) is 6.70. The number of benzene rings is 1. The molecule has 2 rings (SSSR count). The van der Waals surface area contributed by atoms with Crippen LogP contribution in [0.4, 0.5) is 8.78 Å². The first kappa shape index (κ1) is 19.9. The highest BCUT2D eigenvalue weighted by atomic mass is 32.2. The molecule has 1 fully saturated rings. The van der Waals surface area contributed by atoms with Gasteiger partial charge in [-0.3, -0.25) is 0 Å². The fourth-order valence-corrected chi connectivity index (χ4v) is 3.19. The van der Waals surface area contributed by atoms with Gasteiger partial charge >= 0.3 is 23.3 Å². The molecule has 1 aliphatic heterocycles. The van der Waals surface area contributed by atoms with Gasteiger partial charge in [-0.15, -0.1) is 0 Å². The first-order valence-corrected chi connectivity index (χ1v) is 9.16. The summed E-state index contributed by atoms with van der Waals surface area (Å²) in [5.74, 6) is -0.987. The molecular weight excluding hydrogens is 353 g/mol. The Morgan fingerprint density at radius 3 is 2.00 bits per heavy atom. The van der Waals surface area contributed by atoms with Gasteiger partial charge in [0.05, 0.1) is 11.2 Å². The number of rotatable bonds is 5. The molecule has 0 bridgehead atoms. The lowest BCUT2D eigenvalue weighted by Gasteiger charge is -2.32. The molecule has 1 saturated heterocycles. The maximum atomic E-state index is 13.2. The van der Waals surface area contributed by atoms with Crippen molar-refractivity contribution in [3.63, 3.8) is 0 Å². The Morgan fingerprint density at radius 2 is 1.56 bits per heavy atom. The number of allylic oxidation sites excluding steroid dienone is 1. The van der Waals surface area contributed by atoms with E-state index in [4.69, 9.17) is 9.31 Å². The standard InChI is InChI=1S/C16H21BF2O5S/c1-11-6-8-12(9-7-11)25(20,21)22-13(14(18)19)10-17-23-15(2,3)16(4,5)24-17/h6-9H,10H2,1-5H3. The van der Waals surface area contributed by atoms with Gasteiger partial charge in [0.1, 0.15) is 4.90 Å². The summed E-state index contributed by atoms with van der Waals surface area (Å²) in [5, 5.41) is 0. The molecule has 0 radical (unpaired) electrons. The van der Waals surface area contributed by atoms with Crippen molar-refractivity contribution >= 4 is 17.2 Å². The van der Waals surface area contributed by atoms with Gasteiger partial charge in [0.25, 0.3) is 0 Å². The van der Waals surface area contributed by atoms with Gasteiger partial charge in [0.15, 0.2) is 5.76 Å². The minimum atomic E-state index is -4.37. The van der Waals surface area contributed by atoms with E-state index in [9.17, 15) is 17.2 Å². The molecule has 0 aromatic heterocycles. The molecule has 1 aromatic rings. The molecule has 0 saturated carbocycles. The van der Waals surface area contributed by atoms with Crippen molar-refractivity contribution in [2.24, 2.45) is 0 Å². The average molecular weight is 374 g/mol. The third-order valence-corrected chi connectivity index (χ3v) is 5.65. The first-order valence-electron chi connectivity index (χ1n) is 7.75. The van der Waals surface area contributed by atoms with Crippen molar-refractivity contribution in [2.75, 3.05) is 0 Å². The van der Waals surface area contributed by atoms with E-state index in [2.05, 4.69) is 4.18 Å². The van der Waals surface area contributed by atoms with Crippen LogP contribution >= 0.6 is 0 Å². The molecule has 0 N–H and O–H groups in total. The molecule has 0 aliphatic carbocycles. The first-order chi connectivity index (χ1) is 11.3. The van der Waals surface area contributed by atoms with Crippen molar-refractivity contribution in [3.05, 3.63) is 41.7 Å². The predicted octanol–water partition coefficient (Wildman–Crippen LogP) is 3.90. The van der Waals surface area contributed by atoms with Gasteiger partial charge in [0.2, 0.25) is 0 Å². The van der Waals surface area contributed by atoms with Crippen LogP contribution < -0.4 is 0 Å². The van der Waals surface area contributed by atoms with Crippen LogP contribution in [0.3, 0.4) is 0 Å². The Kier molecular flexibility index (Phi) is 5.32. The monoisotopic (exact) mass is 374 g/mol. The van der Waals surface area contributed by atoms with Crippen molar-refractivity contribution in [2.45, 2.75) is 57.0 Å². The molecule has 25 heavy (non-hydrogen) atoms. The highest BCUT2D eigenvalue weighted by molar-refractivity contribution is 7.86. The van der Waals surface area contributed by atoms with Crippen molar-refractivity contribution < 1.29 is 30.7 Å². The lowest BCUT2D eigenvalue weighted by molar-refractivity contribution is 0.00578. The van der Waals surface area contributed by atoms with Crippen LogP contribution in [0.5, 0.6) is 0 Å². The number of hydrogen-bond donors (Lipinski definition) is 0. The summed E-state index contributed by atoms with van der Waals surface area (Å²) in [7, 11) is -5.40. The highest BCUT2D eigenvalue weighted by Crippen LogP contribution is 2.39. The molecule has 0 unspecified atom stereocenters. The minimum absolute atomic E-state index is 0.203. The van der Waals surface area contributed by atoms with Crippen molar-refractivity contribution in [3.8, 4) is 0 Å². The zero-order chi connectivity index (χ0) is 19.0. The maximum Gasteiger partial charge on any atom is 0.465 e. The van der Waals surface area contributed by atoms with Gasteiger partial charge in [-0.05, 0) is 46.8 Å². The van der Waals surface area contributed by atoms with Crippen LogP contribution in [0, 0.1) is 6.92 Å². The molecule has 0 amide bonds. The van der Waals surface area contributed by atoms with Crippen LogP contribution in [0.1, 0.15) is 33.3 Å². The number of halogens is 2. The Hall–Kier alpha value is -1.45. The topological polar surface area (TPSA) is 61.8 Å². The van der Waals surface area contributed by atoms with E-state index < -0.39 is 46.6 Å². The summed E-state index contributed by atoms with van der Waals surface area (Å²) >= 11 is 0. The quantitative estimate of drug-likeness (QED) is 0.444. The van der Waals surface area contributed by atoms with E-state index in [0.717, 1.165) is 5.56 Å². The van der Waals surface area contributed by atoms with Crippen LogP contribution in [0.15, 0.2) is 41.0 Å². The largest absolute Gasteiger partial charge is 0.465 e. The van der Waals surface area contributed by atoms with Crippen molar-refractivity contribution in [1.29, 1.82) is 0 Å². The van der Waals surface area contributed by atoms with E-state index >= 15 is 0 Å². The maximum absolute atomic E-state index is 13.2. The van der Waals surface area contributed by atoms with Gasteiger partial charge in [-0.25, -0.2) is 0 Å². The highest BCUT2D eigenvalue weighted by Gasteiger charge is 2.51. The minimum Gasteiger partial charge on any atom is -0.403 e. The van der Waals surface area contributed by atoms with E-state index in [1.807, 2.05) is 0 Å². The Morgan fingerprint density at radius 1 is 1.08 bits per heavy atom. The van der Waals surface area contributed by atoms with Gasteiger partial charge in [-0.2, -0.15) is 17.2 Å². The summed E-state index contributed by atoms with van der Waals surface area (Å²) in [6, 6.07) is 5.71. The van der Waals surface area contributed by atoms with Gasteiger partial charge in [0, 0.05) is 6.32 Å². The summed E-state index contributed by atoms with van der Waals surface area (Å²) in [6.07, 6.45) is -2.74. The fourth-order valence-electron chi connectivity index (χ4n) is 2.23. The predicted molar refractivity (Wildman–Crippen MR) is 89.6 cm³/mol. The lowest BCUT2D eigenvalue weighted by atomic mass is 9.84. The lowest BCUT2D eigenvalue weighted by Crippen LogP contribution is -2.41. The zero-order valence-corrected chi connectivity index (χ0v) is 15.6. The Labute approximate surface area is 147 Å². The molecule has 0 atom stereocenters. The summed E-state index contributed by atoms with van der Waals surface area (Å²) in [6.45, 7) is 8.86. The SMILES string of the molecule is Cc1ccc(S(=O)(=O)OC(CB2OC(C)(C)C(C)(C)O2)=C(F)F)cc1. The molecular formula is C16H21BF2O5S. The summed E-state index contributed by atoms with van der Waals surface area (Å²) in [4.78, 5) is -0.203. The summed E-state index contributed by atoms with van der Waals surface area (Å²) < 4.78 is 66.8. The van der Waals surface area contributed by atoms with Crippen molar-refractivity contribution in [1.82, 2.24) is 0 Å². The summed E-state index contributed by atoms with van der Waals surface area (Å²) in [5.41, 5.74) is -0.597. The smallest absolute Gasteiger partial charge is 0.403 e. The van der Waals surface area contributed by atoms with Gasteiger partial charge < -0.3 is 13.5 Å². The average Bonchev–Trinajstić information content (AvgIpc) is 2.65. The molecule has 1 aromatic carbocycles. The van der Waals surface area contributed by atoms with Crippen LogP contribution in [-0.2, 0) is 23.6 Å². The third-order valence-electron chi connectivity index (χ3n) is 4.38. The molecule has 1 aliphatic rings. The van der Waals surface area contributed by atoms with Crippen LogP contribution in [0.2, 0.25) is 6.32 Å². The second-order valence-corrected chi connectivity index (χ2v) is 8.47. The Balaban J connectivity index is 2.18. The number of hydrogen-bond acceptors (Lipinski definition) is 5. The second-order valence-electron chi connectivity index (χ2n) is 6.92. The zero-order valence-electron chi connectivity index (χ0n) is 14.8. The Bertz CT molecular complexity index is 752. The normalized spacial score (nSPS) is 18.9. The van der Waals surface area contributed by atoms with E-state index in [-0.39, 0.29) is 4.90 Å². The van der Waals surface area contributed by atoms with E-state index in [1.165, 1.54) is 12.1 Å². The van der Waals surface area contributed by atoms with E-state index in [1.54, 1.807) is 46.8 Å². The molecule has 9 heteroatoms. The molecule has 5 nitrogen and oxygen atoms in total. The fraction of sp³-hybridized carbons (Fsp3) is 0.500. The van der Waals surface area contributed by atoms with Crippen LogP contribution in [-0.4, -0.2) is 26.7 Å². The van der Waals surface area contributed by atoms with Gasteiger partial charge in [-0.1, -0.05) is 17.7 Å².